The molecule has 10 aromatic rings. The fourth-order valence-corrected chi connectivity index (χ4v) is 6.87. The van der Waals surface area contributed by atoms with Gasteiger partial charge in [0.15, 0.2) is 11.2 Å². The Morgan fingerprint density at radius 2 is 1.08 bits per heavy atom. The van der Waals surface area contributed by atoms with Crippen molar-refractivity contribution in [3.63, 3.8) is 0 Å². The van der Waals surface area contributed by atoms with E-state index in [1.54, 1.807) is 0 Å². The van der Waals surface area contributed by atoms with E-state index in [0.29, 0.717) is 11.5 Å². The second-order valence-corrected chi connectivity index (χ2v) is 12.0. The third-order valence-electron chi connectivity index (χ3n) is 9.10. The number of benzene rings is 7. The van der Waals surface area contributed by atoms with Crippen molar-refractivity contribution in [1.29, 1.82) is 0 Å². The van der Waals surface area contributed by atoms with Crippen molar-refractivity contribution in [3.8, 4) is 22.6 Å². The lowest BCUT2D eigenvalue weighted by atomic mass is 10.0. The first-order valence-corrected chi connectivity index (χ1v) is 16.0. The zero-order valence-corrected chi connectivity index (χ0v) is 25.6. The third kappa shape index (κ3) is 4.15. The minimum Gasteiger partial charge on any atom is -0.456 e. The third-order valence-corrected chi connectivity index (χ3v) is 9.10. The predicted molar refractivity (Wildman–Crippen MR) is 194 cm³/mol. The Hall–Kier alpha value is -6.59. The topological polar surface area (TPSA) is 55.6 Å². The largest absolute Gasteiger partial charge is 0.456 e. The van der Waals surface area contributed by atoms with Crippen LogP contribution in [-0.4, -0.2) is 4.98 Å². The first-order valence-electron chi connectivity index (χ1n) is 16.0. The maximum absolute atomic E-state index is 6.60. The van der Waals surface area contributed by atoms with Gasteiger partial charge in [-0.2, -0.15) is 0 Å². The predicted octanol–water partition coefficient (Wildman–Crippen LogP) is 12.4. The Morgan fingerprint density at radius 1 is 0.417 bits per heavy atom. The van der Waals surface area contributed by atoms with E-state index < -0.39 is 0 Å². The van der Waals surface area contributed by atoms with E-state index in [-0.39, 0.29) is 0 Å². The lowest BCUT2D eigenvalue weighted by molar-refractivity contribution is 0.617. The summed E-state index contributed by atoms with van der Waals surface area (Å²) in [5.74, 6) is 0.583. The van der Waals surface area contributed by atoms with Crippen LogP contribution in [0.25, 0.3) is 77.6 Å². The first-order chi connectivity index (χ1) is 23.8. The van der Waals surface area contributed by atoms with Gasteiger partial charge in [0.25, 0.3) is 0 Å². The molecule has 5 heteroatoms. The van der Waals surface area contributed by atoms with Crippen LogP contribution in [0.3, 0.4) is 0 Å². The molecule has 3 aromatic heterocycles. The highest BCUT2D eigenvalue weighted by molar-refractivity contribution is 6.17. The second-order valence-electron chi connectivity index (χ2n) is 12.0. The van der Waals surface area contributed by atoms with Crippen molar-refractivity contribution < 1.29 is 13.3 Å². The number of aromatic nitrogens is 1. The second kappa shape index (κ2) is 10.5. The number of hydrogen-bond acceptors (Lipinski definition) is 5. The molecule has 10 rings (SSSR count). The molecule has 0 aliphatic heterocycles. The van der Waals surface area contributed by atoms with Crippen LogP contribution >= 0.6 is 0 Å². The number of para-hydroxylation sites is 2. The molecule has 48 heavy (non-hydrogen) atoms. The van der Waals surface area contributed by atoms with Crippen LogP contribution in [0.1, 0.15) is 0 Å². The van der Waals surface area contributed by atoms with E-state index in [1.807, 2.05) is 66.7 Å². The number of hydrogen-bond donors (Lipinski definition) is 0. The quantitative estimate of drug-likeness (QED) is 0.192. The average molecular weight is 619 g/mol. The molecule has 0 N–H and O–H groups in total. The minimum atomic E-state index is 0.583. The number of rotatable bonds is 5. The molecular weight excluding hydrogens is 592 g/mol. The van der Waals surface area contributed by atoms with E-state index in [1.165, 1.54) is 5.56 Å². The van der Waals surface area contributed by atoms with Crippen LogP contribution in [0.2, 0.25) is 0 Å². The SMILES string of the molecule is c1ccc(-c2ccc(N(c3cccc4c3oc3ccccc34)c3cccc4oc5cc6oc(-c7ccccc7)nc6cc5c34)cc2)cc1. The smallest absolute Gasteiger partial charge is 0.227 e. The van der Waals surface area contributed by atoms with E-state index in [9.17, 15) is 0 Å². The fourth-order valence-electron chi connectivity index (χ4n) is 6.87. The molecule has 0 atom stereocenters. The summed E-state index contributed by atoms with van der Waals surface area (Å²) in [6.07, 6.45) is 0. The van der Waals surface area contributed by atoms with Crippen molar-refractivity contribution in [3.05, 3.63) is 158 Å². The number of anilines is 3. The average Bonchev–Trinajstić information content (AvgIpc) is 3.85. The number of oxazole rings is 1. The number of nitrogens with zero attached hydrogens (tertiary/aromatic N) is 2. The van der Waals surface area contributed by atoms with Gasteiger partial charge in [-0.25, -0.2) is 4.98 Å². The van der Waals surface area contributed by atoms with Crippen molar-refractivity contribution in [2.24, 2.45) is 0 Å². The molecule has 0 aliphatic rings. The summed E-state index contributed by atoms with van der Waals surface area (Å²) < 4.78 is 19.3. The van der Waals surface area contributed by atoms with Crippen LogP contribution in [0.4, 0.5) is 17.1 Å². The standard InChI is InChI=1S/C43H26N2O3/c1-3-11-27(12-4-1)28-21-23-30(24-22-28)45(36-18-9-16-32-31-15-7-8-19-37(31)47-42(32)36)35-17-10-20-38-41(35)33-25-34-40(26-39(33)46-38)48-43(44-34)29-13-5-2-6-14-29/h1-26H. The molecule has 0 unspecified atom stereocenters. The zero-order chi connectivity index (χ0) is 31.6. The normalized spacial score (nSPS) is 11.8. The molecule has 5 nitrogen and oxygen atoms in total. The molecule has 3 heterocycles. The molecule has 0 aliphatic carbocycles. The minimum absolute atomic E-state index is 0.583. The Labute approximate surface area is 274 Å². The molecule has 0 saturated carbocycles. The van der Waals surface area contributed by atoms with E-state index in [2.05, 4.69) is 95.9 Å². The van der Waals surface area contributed by atoms with Gasteiger partial charge in [-0.3, -0.25) is 0 Å². The molecule has 0 fully saturated rings. The lowest BCUT2D eigenvalue weighted by Crippen LogP contribution is -2.10. The fraction of sp³-hybridized carbons (Fsp3) is 0. The van der Waals surface area contributed by atoms with Gasteiger partial charge >= 0.3 is 0 Å². The Balaban J connectivity index is 1.22. The molecule has 0 spiro atoms. The molecule has 0 radical (unpaired) electrons. The highest BCUT2D eigenvalue weighted by atomic mass is 16.4. The summed E-state index contributed by atoms with van der Waals surface area (Å²) in [5.41, 5.74) is 10.8. The number of furan rings is 2. The van der Waals surface area contributed by atoms with Crippen LogP contribution in [0.5, 0.6) is 0 Å². The van der Waals surface area contributed by atoms with Gasteiger partial charge < -0.3 is 18.2 Å². The molecule has 226 valence electrons. The van der Waals surface area contributed by atoms with E-state index >= 15 is 0 Å². The van der Waals surface area contributed by atoms with Crippen molar-refractivity contribution in [2.75, 3.05) is 4.90 Å². The van der Waals surface area contributed by atoms with Gasteiger partial charge in [0.2, 0.25) is 5.89 Å². The summed E-state index contributed by atoms with van der Waals surface area (Å²) in [6, 6.07) is 53.9. The van der Waals surface area contributed by atoms with E-state index in [0.717, 1.165) is 77.6 Å². The van der Waals surface area contributed by atoms with Crippen LogP contribution in [0.15, 0.2) is 171 Å². The summed E-state index contributed by atoms with van der Waals surface area (Å²) in [5, 5.41) is 4.10. The molecule has 0 saturated heterocycles. The Bertz CT molecular complexity index is 2770. The van der Waals surface area contributed by atoms with Gasteiger partial charge in [0.1, 0.15) is 22.3 Å². The summed E-state index contributed by atoms with van der Waals surface area (Å²) in [7, 11) is 0. The van der Waals surface area contributed by atoms with Crippen molar-refractivity contribution >= 4 is 72.0 Å². The lowest BCUT2D eigenvalue weighted by Gasteiger charge is -2.26. The monoisotopic (exact) mass is 618 g/mol. The molecular formula is C43H26N2O3. The van der Waals surface area contributed by atoms with Crippen molar-refractivity contribution in [1.82, 2.24) is 4.98 Å². The Morgan fingerprint density at radius 3 is 1.92 bits per heavy atom. The van der Waals surface area contributed by atoms with Gasteiger partial charge in [-0.05, 0) is 65.7 Å². The van der Waals surface area contributed by atoms with Gasteiger partial charge in [-0.1, -0.05) is 97.1 Å². The van der Waals surface area contributed by atoms with Gasteiger partial charge in [0, 0.05) is 33.5 Å². The highest BCUT2D eigenvalue weighted by Crippen LogP contribution is 2.47. The highest BCUT2D eigenvalue weighted by Gasteiger charge is 2.24. The van der Waals surface area contributed by atoms with Gasteiger partial charge in [-0.15, -0.1) is 0 Å². The first kappa shape index (κ1) is 26.6. The van der Waals surface area contributed by atoms with E-state index in [4.69, 9.17) is 18.2 Å². The maximum Gasteiger partial charge on any atom is 0.227 e. The molecule has 7 aromatic carbocycles. The summed E-state index contributed by atoms with van der Waals surface area (Å²) >= 11 is 0. The summed E-state index contributed by atoms with van der Waals surface area (Å²) in [4.78, 5) is 7.15. The number of fused-ring (bicyclic) bond motifs is 7. The van der Waals surface area contributed by atoms with Crippen LogP contribution in [0, 0.1) is 0 Å². The Kier molecular flexibility index (Phi) is 5.81. The molecule has 0 amide bonds. The maximum atomic E-state index is 6.60. The molecule has 0 bridgehead atoms. The zero-order valence-electron chi connectivity index (χ0n) is 25.6. The van der Waals surface area contributed by atoms with Crippen molar-refractivity contribution in [2.45, 2.75) is 0 Å². The summed E-state index contributed by atoms with van der Waals surface area (Å²) in [6.45, 7) is 0. The van der Waals surface area contributed by atoms with Gasteiger partial charge in [0.05, 0.1) is 16.8 Å². The van der Waals surface area contributed by atoms with Crippen LogP contribution in [-0.2, 0) is 0 Å². The van der Waals surface area contributed by atoms with Crippen LogP contribution < -0.4 is 4.90 Å².